The molecule has 4 rings (SSSR count). The fraction of sp³-hybridized carbons (Fsp3) is 0.370. The van der Waals surface area contributed by atoms with Gasteiger partial charge >= 0.3 is 6.03 Å². The molecule has 6 nitrogen and oxygen atoms in total. The highest BCUT2D eigenvalue weighted by Gasteiger charge is 2.25. The minimum absolute atomic E-state index is 0.0445. The van der Waals surface area contributed by atoms with E-state index >= 15 is 0 Å². The number of carbonyl (C=O) groups is 1. The first-order valence-corrected chi connectivity index (χ1v) is 11.7. The monoisotopic (exact) mass is 443 g/mol. The van der Waals surface area contributed by atoms with Crippen molar-refractivity contribution in [2.75, 3.05) is 36.4 Å². The number of aryl methyl sites for hydroxylation is 4. The molecule has 0 saturated carbocycles. The van der Waals surface area contributed by atoms with Gasteiger partial charge in [0.1, 0.15) is 11.6 Å². The Morgan fingerprint density at radius 1 is 0.939 bits per heavy atom. The molecular weight excluding hydrogens is 410 g/mol. The van der Waals surface area contributed by atoms with E-state index in [1.165, 1.54) is 16.7 Å². The number of hydrogen-bond acceptors (Lipinski definition) is 4. The van der Waals surface area contributed by atoms with Gasteiger partial charge in [0.25, 0.3) is 0 Å². The smallest absolute Gasteiger partial charge is 0.321 e. The van der Waals surface area contributed by atoms with Gasteiger partial charge in [-0.3, -0.25) is 0 Å². The van der Waals surface area contributed by atoms with Gasteiger partial charge in [-0.2, -0.15) is 0 Å². The van der Waals surface area contributed by atoms with Gasteiger partial charge in [0, 0.05) is 49.5 Å². The van der Waals surface area contributed by atoms with Gasteiger partial charge in [0.05, 0.1) is 0 Å². The summed E-state index contributed by atoms with van der Waals surface area (Å²) in [6, 6.07) is 16.5. The van der Waals surface area contributed by atoms with Crippen molar-refractivity contribution < 1.29 is 4.79 Å². The molecule has 33 heavy (non-hydrogen) atoms. The molecular formula is C27H33N5O. The second-order valence-electron chi connectivity index (χ2n) is 8.75. The lowest BCUT2D eigenvalue weighted by molar-refractivity contribution is 0.208. The molecule has 0 spiro atoms. The molecule has 0 radical (unpaired) electrons. The zero-order chi connectivity index (χ0) is 23.4. The van der Waals surface area contributed by atoms with Crippen LogP contribution in [-0.2, 0) is 12.8 Å². The number of para-hydroxylation sites is 1. The number of anilines is 2. The van der Waals surface area contributed by atoms with Crippen LogP contribution in [0.15, 0.2) is 48.5 Å². The SMILES string of the molecule is CCc1nc(C)nc(N2CCN(C(=O)Nc3ccccc3C)CC2)c1Cc1ccc(C)cc1. The molecule has 0 atom stereocenters. The van der Waals surface area contributed by atoms with Crippen LogP contribution in [0.3, 0.4) is 0 Å². The zero-order valence-electron chi connectivity index (χ0n) is 20.1. The maximum Gasteiger partial charge on any atom is 0.321 e. The predicted molar refractivity (Wildman–Crippen MR) is 134 cm³/mol. The predicted octanol–water partition coefficient (Wildman–Crippen LogP) is 4.91. The first-order chi connectivity index (χ1) is 15.9. The van der Waals surface area contributed by atoms with Gasteiger partial charge in [-0.25, -0.2) is 14.8 Å². The van der Waals surface area contributed by atoms with E-state index in [2.05, 4.69) is 48.3 Å². The summed E-state index contributed by atoms with van der Waals surface area (Å²) >= 11 is 0. The van der Waals surface area contributed by atoms with E-state index in [1.54, 1.807) is 0 Å². The third-order valence-corrected chi connectivity index (χ3v) is 6.27. The van der Waals surface area contributed by atoms with E-state index in [-0.39, 0.29) is 6.03 Å². The van der Waals surface area contributed by atoms with Crippen LogP contribution < -0.4 is 10.2 Å². The Bertz CT molecular complexity index is 1120. The van der Waals surface area contributed by atoms with Crippen molar-refractivity contribution in [1.29, 1.82) is 0 Å². The lowest BCUT2D eigenvalue weighted by atomic mass is 10.0. The summed E-state index contributed by atoms with van der Waals surface area (Å²) in [5.74, 6) is 1.81. The van der Waals surface area contributed by atoms with Crippen LogP contribution in [0.1, 0.15) is 40.7 Å². The van der Waals surface area contributed by atoms with Gasteiger partial charge in [-0.05, 0) is 44.4 Å². The average molecular weight is 444 g/mol. The molecule has 172 valence electrons. The summed E-state index contributed by atoms with van der Waals surface area (Å²) in [5.41, 5.74) is 6.76. The lowest BCUT2D eigenvalue weighted by Gasteiger charge is -2.36. The third kappa shape index (κ3) is 5.33. The van der Waals surface area contributed by atoms with Crippen LogP contribution in [0.25, 0.3) is 0 Å². The fourth-order valence-electron chi connectivity index (χ4n) is 4.31. The zero-order valence-corrected chi connectivity index (χ0v) is 20.1. The standard InChI is InChI=1S/C27H33N5O/c1-5-24-23(18-22-12-10-19(2)11-13-22)26(29-21(4)28-24)31-14-16-32(17-15-31)27(33)30-25-9-7-6-8-20(25)3/h6-13H,5,14-18H2,1-4H3,(H,30,33). The van der Waals surface area contributed by atoms with Crippen LogP contribution in [0.2, 0.25) is 0 Å². The number of benzene rings is 2. The average Bonchev–Trinajstić information content (AvgIpc) is 2.82. The highest BCUT2D eigenvalue weighted by molar-refractivity contribution is 5.90. The van der Waals surface area contributed by atoms with Crippen molar-refractivity contribution in [3.05, 3.63) is 82.3 Å². The number of carbonyl (C=O) groups excluding carboxylic acids is 1. The number of hydrogen-bond donors (Lipinski definition) is 1. The molecule has 1 aliphatic heterocycles. The maximum absolute atomic E-state index is 12.8. The molecule has 3 aromatic rings. The first-order valence-electron chi connectivity index (χ1n) is 11.7. The molecule has 1 fully saturated rings. The molecule has 6 heteroatoms. The Morgan fingerprint density at radius 3 is 2.30 bits per heavy atom. The topological polar surface area (TPSA) is 61.4 Å². The van der Waals surface area contributed by atoms with Crippen LogP contribution in [0.5, 0.6) is 0 Å². The van der Waals surface area contributed by atoms with Crippen molar-refractivity contribution in [1.82, 2.24) is 14.9 Å². The quantitative estimate of drug-likeness (QED) is 0.609. The minimum Gasteiger partial charge on any atom is -0.353 e. The Labute approximate surface area is 196 Å². The number of urea groups is 1. The Balaban J connectivity index is 1.50. The Morgan fingerprint density at radius 2 is 1.64 bits per heavy atom. The second kappa shape index (κ2) is 10.0. The number of aromatic nitrogens is 2. The molecule has 2 aromatic carbocycles. The number of nitrogens with zero attached hydrogens (tertiary/aromatic N) is 4. The summed E-state index contributed by atoms with van der Waals surface area (Å²) in [5, 5.41) is 3.05. The van der Waals surface area contributed by atoms with Gasteiger partial charge in [0.15, 0.2) is 0 Å². The Hall–Kier alpha value is -3.41. The van der Waals surface area contributed by atoms with Crippen molar-refractivity contribution >= 4 is 17.5 Å². The molecule has 0 bridgehead atoms. The highest BCUT2D eigenvalue weighted by Crippen LogP contribution is 2.26. The van der Waals surface area contributed by atoms with Crippen molar-refractivity contribution in [2.45, 2.75) is 40.5 Å². The maximum atomic E-state index is 12.8. The summed E-state index contributed by atoms with van der Waals surface area (Å²) in [7, 11) is 0. The number of piperazine rings is 1. The molecule has 2 amide bonds. The summed E-state index contributed by atoms with van der Waals surface area (Å²) in [6.07, 6.45) is 1.68. The number of amides is 2. The van der Waals surface area contributed by atoms with E-state index in [0.717, 1.165) is 54.5 Å². The van der Waals surface area contributed by atoms with Gasteiger partial charge in [-0.1, -0.05) is 55.0 Å². The van der Waals surface area contributed by atoms with E-state index in [1.807, 2.05) is 43.0 Å². The van der Waals surface area contributed by atoms with Crippen LogP contribution in [0, 0.1) is 20.8 Å². The summed E-state index contributed by atoms with van der Waals surface area (Å²) < 4.78 is 0. The molecule has 0 unspecified atom stereocenters. The lowest BCUT2D eigenvalue weighted by Crippen LogP contribution is -2.50. The van der Waals surface area contributed by atoms with Gasteiger partial charge in [-0.15, -0.1) is 0 Å². The van der Waals surface area contributed by atoms with E-state index in [9.17, 15) is 4.79 Å². The largest absolute Gasteiger partial charge is 0.353 e. The molecule has 2 heterocycles. The van der Waals surface area contributed by atoms with Crippen molar-refractivity contribution in [3.8, 4) is 0 Å². The normalized spacial score (nSPS) is 13.8. The van der Waals surface area contributed by atoms with E-state index in [4.69, 9.17) is 9.97 Å². The van der Waals surface area contributed by atoms with Crippen LogP contribution in [0.4, 0.5) is 16.3 Å². The van der Waals surface area contributed by atoms with Crippen molar-refractivity contribution in [3.63, 3.8) is 0 Å². The van der Waals surface area contributed by atoms with Crippen molar-refractivity contribution in [2.24, 2.45) is 0 Å². The first kappa shape index (κ1) is 22.8. The number of rotatable bonds is 5. The molecule has 1 aliphatic rings. The molecule has 1 saturated heterocycles. The van der Waals surface area contributed by atoms with E-state index < -0.39 is 0 Å². The third-order valence-electron chi connectivity index (χ3n) is 6.27. The highest BCUT2D eigenvalue weighted by atomic mass is 16.2. The minimum atomic E-state index is -0.0445. The van der Waals surface area contributed by atoms with Crippen LogP contribution in [-0.4, -0.2) is 47.1 Å². The molecule has 1 aromatic heterocycles. The number of nitrogens with one attached hydrogen (secondary N) is 1. The molecule has 0 aliphatic carbocycles. The summed E-state index contributed by atoms with van der Waals surface area (Å²) in [4.78, 5) is 26.6. The van der Waals surface area contributed by atoms with Gasteiger partial charge in [0.2, 0.25) is 0 Å². The van der Waals surface area contributed by atoms with Gasteiger partial charge < -0.3 is 15.1 Å². The fourth-order valence-corrected chi connectivity index (χ4v) is 4.31. The van der Waals surface area contributed by atoms with Crippen LogP contribution >= 0.6 is 0 Å². The van der Waals surface area contributed by atoms with E-state index in [0.29, 0.717) is 13.1 Å². The summed E-state index contributed by atoms with van der Waals surface area (Å²) in [6.45, 7) is 11.0. The Kier molecular flexibility index (Phi) is 6.92. The molecule has 1 N–H and O–H groups in total. The second-order valence-corrected chi connectivity index (χ2v) is 8.75.